The molecule has 0 aliphatic heterocycles. The third-order valence-electron chi connectivity index (χ3n) is 1.14. The molecule has 1 heterocycles. The molecule has 1 aromatic rings. The molecule has 1 atom stereocenters. The van der Waals surface area contributed by atoms with Gasteiger partial charge in [0, 0.05) is 6.20 Å². The smallest absolute Gasteiger partial charge is 0.382 e. The maximum absolute atomic E-state index is 9.88. The van der Waals surface area contributed by atoms with E-state index in [0.717, 1.165) is 0 Å². The second-order valence-electron chi connectivity index (χ2n) is 1.94. The Morgan fingerprint density at radius 1 is 1.82 bits per heavy atom. The normalized spacial score (nSPS) is 10.5. The molecule has 60 valence electrons. The van der Waals surface area contributed by atoms with Crippen LogP contribution in [0, 0.1) is 0 Å². The van der Waals surface area contributed by atoms with Crippen LogP contribution >= 0.6 is 8.69 Å². The minimum absolute atomic E-state index is 0.392. The summed E-state index contributed by atoms with van der Waals surface area (Å²) in [6.07, 6.45) is 1.74. The second kappa shape index (κ2) is 4.05. The van der Waals surface area contributed by atoms with Gasteiger partial charge >= 0.3 is 8.69 Å². The number of anilines is 1. The number of nitrogen functional groups attached to an aromatic ring is 1. The van der Waals surface area contributed by atoms with Gasteiger partial charge in [0.05, 0.1) is 6.54 Å². The predicted octanol–water partition coefficient (Wildman–Crippen LogP) is 0.421. The maximum Gasteiger partial charge on any atom is 0.494 e. The summed E-state index contributed by atoms with van der Waals surface area (Å²) in [5.74, 6) is 0.481. The van der Waals surface area contributed by atoms with Crippen LogP contribution in [0.1, 0.15) is 0 Å². The van der Waals surface area contributed by atoms with Crippen molar-refractivity contribution < 1.29 is 9.09 Å². The van der Waals surface area contributed by atoms with Crippen molar-refractivity contribution in [3.8, 4) is 0 Å². The molecule has 0 saturated carbocycles. The van der Waals surface area contributed by atoms with Gasteiger partial charge in [-0.25, -0.2) is 0 Å². The molecular weight excluding hydrogens is 165 g/mol. The zero-order valence-corrected chi connectivity index (χ0v) is 6.86. The fourth-order valence-electron chi connectivity index (χ4n) is 0.683. The summed E-state index contributed by atoms with van der Waals surface area (Å²) < 4.78 is 16.1. The highest BCUT2D eigenvalue weighted by Gasteiger charge is 1.95. The Morgan fingerprint density at radius 2 is 2.64 bits per heavy atom. The molecule has 0 saturated heterocycles. The Morgan fingerprint density at radius 3 is 3.18 bits per heavy atom. The Labute approximate surface area is 65.4 Å². The minimum Gasteiger partial charge on any atom is -0.382 e. The SMILES string of the molecule is Nc1ccn(CCO[PH+]=O)n1. The Bertz CT molecular complexity index is 237. The molecule has 0 spiro atoms. The lowest BCUT2D eigenvalue weighted by Gasteiger charge is -1.93. The molecule has 0 aromatic carbocycles. The van der Waals surface area contributed by atoms with Crippen LogP contribution in [0.3, 0.4) is 0 Å². The number of aromatic nitrogens is 2. The zero-order valence-electron chi connectivity index (χ0n) is 5.86. The molecule has 1 rings (SSSR count). The van der Waals surface area contributed by atoms with Crippen LogP contribution in [-0.4, -0.2) is 16.4 Å². The van der Waals surface area contributed by atoms with Crippen LogP contribution in [0.15, 0.2) is 12.3 Å². The zero-order chi connectivity index (χ0) is 8.10. The minimum atomic E-state index is -0.706. The number of nitrogens with zero attached hydrogens (tertiary/aromatic N) is 2. The van der Waals surface area contributed by atoms with Gasteiger partial charge in [0.25, 0.3) is 0 Å². The molecule has 0 bridgehead atoms. The summed E-state index contributed by atoms with van der Waals surface area (Å²) in [4.78, 5) is 0. The van der Waals surface area contributed by atoms with Crippen molar-refractivity contribution in [1.29, 1.82) is 0 Å². The van der Waals surface area contributed by atoms with Gasteiger partial charge in [0.2, 0.25) is 0 Å². The maximum atomic E-state index is 9.88. The summed E-state index contributed by atoms with van der Waals surface area (Å²) in [7, 11) is -0.706. The highest BCUT2D eigenvalue weighted by atomic mass is 31.1. The largest absolute Gasteiger partial charge is 0.494 e. The first-order valence-electron chi connectivity index (χ1n) is 3.11. The van der Waals surface area contributed by atoms with E-state index in [1.165, 1.54) is 0 Å². The Kier molecular flexibility index (Phi) is 3.01. The van der Waals surface area contributed by atoms with Gasteiger partial charge in [0.1, 0.15) is 12.4 Å². The molecule has 0 radical (unpaired) electrons. The lowest BCUT2D eigenvalue weighted by molar-refractivity contribution is 0.314. The van der Waals surface area contributed by atoms with Crippen molar-refractivity contribution in [3.05, 3.63) is 12.3 Å². The van der Waals surface area contributed by atoms with Gasteiger partial charge in [0.15, 0.2) is 0 Å². The Hall–Kier alpha value is -0.930. The monoisotopic (exact) mass is 174 g/mol. The van der Waals surface area contributed by atoms with E-state index in [0.29, 0.717) is 19.0 Å². The van der Waals surface area contributed by atoms with Crippen molar-refractivity contribution in [3.63, 3.8) is 0 Å². The van der Waals surface area contributed by atoms with E-state index in [1.807, 2.05) is 0 Å². The standard InChI is InChI=1S/C5H9N3O2P/c6-5-1-2-8(7-5)3-4-10-11-9/h1-2,11H,3-4H2,(H2,6,7)/q+1. The highest BCUT2D eigenvalue weighted by Crippen LogP contribution is 1.98. The topological polar surface area (TPSA) is 70.1 Å². The summed E-state index contributed by atoms with van der Waals surface area (Å²) in [6, 6.07) is 1.69. The fourth-order valence-corrected chi connectivity index (χ4v) is 0.857. The van der Waals surface area contributed by atoms with Gasteiger partial charge < -0.3 is 5.73 Å². The molecule has 0 aliphatic carbocycles. The van der Waals surface area contributed by atoms with Crippen molar-refractivity contribution in [2.45, 2.75) is 6.54 Å². The summed E-state index contributed by atoms with van der Waals surface area (Å²) in [5, 5.41) is 3.90. The van der Waals surface area contributed by atoms with Gasteiger partial charge in [-0.15, -0.1) is 4.52 Å². The van der Waals surface area contributed by atoms with Crippen LogP contribution in [-0.2, 0) is 15.6 Å². The molecule has 1 aromatic heterocycles. The molecule has 11 heavy (non-hydrogen) atoms. The van der Waals surface area contributed by atoms with Crippen molar-refractivity contribution in [2.24, 2.45) is 0 Å². The molecule has 5 nitrogen and oxygen atoms in total. The average molecular weight is 174 g/mol. The summed E-state index contributed by atoms with van der Waals surface area (Å²) >= 11 is 0. The van der Waals surface area contributed by atoms with Crippen LogP contribution in [0.4, 0.5) is 5.82 Å². The van der Waals surface area contributed by atoms with Crippen LogP contribution in [0.25, 0.3) is 0 Å². The van der Waals surface area contributed by atoms with E-state index >= 15 is 0 Å². The quantitative estimate of drug-likeness (QED) is 0.530. The van der Waals surface area contributed by atoms with E-state index in [-0.39, 0.29) is 0 Å². The van der Waals surface area contributed by atoms with Crippen molar-refractivity contribution >= 4 is 14.5 Å². The van der Waals surface area contributed by atoms with Crippen LogP contribution in [0.2, 0.25) is 0 Å². The van der Waals surface area contributed by atoms with Crippen molar-refractivity contribution in [2.75, 3.05) is 12.3 Å². The van der Waals surface area contributed by atoms with Gasteiger partial charge in [-0.05, 0) is 10.6 Å². The van der Waals surface area contributed by atoms with E-state index in [4.69, 9.17) is 5.73 Å². The van der Waals surface area contributed by atoms with Crippen LogP contribution in [0.5, 0.6) is 0 Å². The molecule has 0 amide bonds. The summed E-state index contributed by atoms with van der Waals surface area (Å²) in [6.45, 7) is 0.968. The predicted molar refractivity (Wildman–Crippen MR) is 41.6 cm³/mol. The number of nitrogens with two attached hydrogens (primary N) is 1. The lowest BCUT2D eigenvalue weighted by atomic mass is 10.6. The molecule has 0 aliphatic rings. The van der Waals surface area contributed by atoms with E-state index < -0.39 is 8.69 Å². The number of hydrogen-bond acceptors (Lipinski definition) is 4. The number of hydrogen-bond donors (Lipinski definition) is 1. The molecular formula is C5H9N3O2P+. The first-order valence-corrected chi connectivity index (χ1v) is 3.92. The van der Waals surface area contributed by atoms with E-state index in [2.05, 4.69) is 9.62 Å². The van der Waals surface area contributed by atoms with E-state index in [9.17, 15) is 4.57 Å². The highest BCUT2D eigenvalue weighted by molar-refractivity contribution is 7.17. The molecule has 2 N–H and O–H groups in total. The lowest BCUT2D eigenvalue weighted by Crippen LogP contribution is -2.03. The van der Waals surface area contributed by atoms with E-state index in [1.54, 1.807) is 16.9 Å². The first-order chi connectivity index (χ1) is 5.33. The van der Waals surface area contributed by atoms with Crippen molar-refractivity contribution in [1.82, 2.24) is 9.78 Å². The van der Waals surface area contributed by atoms with Crippen LogP contribution < -0.4 is 5.73 Å². The van der Waals surface area contributed by atoms with Gasteiger partial charge in [-0.2, -0.15) is 5.10 Å². The molecule has 1 unspecified atom stereocenters. The third-order valence-corrected chi connectivity index (χ3v) is 1.46. The molecule has 0 fully saturated rings. The summed E-state index contributed by atoms with van der Waals surface area (Å²) in [5.41, 5.74) is 5.35. The Balaban J connectivity index is 2.32. The number of rotatable bonds is 4. The fraction of sp³-hybridized carbons (Fsp3) is 0.400. The van der Waals surface area contributed by atoms with Gasteiger partial charge in [-0.1, -0.05) is 0 Å². The second-order valence-corrected chi connectivity index (χ2v) is 2.39. The molecule has 6 heteroatoms. The third kappa shape index (κ3) is 2.65. The first kappa shape index (κ1) is 8.17. The van der Waals surface area contributed by atoms with Gasteiger partial charge in [-0.3, -0.25) is 4.68 Å². The average Bonchev–Trinajstić information content (AvgIpc) is 2.37.